The van der Waals surface area contributed by atoms with Crippen molar-refractivity contribution in [3.8, 4) is 5.75 Å². The van der Waals surface area contributed by atoms with E-state index in [0.717, 1.165) is 12.3 Å². The summed E-state index contributed by atoms with van der Waals surface area (Å²) in [7, 11) is 0. The van der Waals surface area contributed by atoms with Crippen LogP contribution in [0.3, 0.4) is 0 Å². The standard InChI is InChI=1S/C16H20ClNOS/c1-16(2,3)18-10-12-8-9-13(20-12)11-19-15-7-5-4-6-14(15)17/h4-9,18H,10-11H2,1-3H3. The second-order valence-corrected chi connectivity index (χ2v) is 7.35. The Morgan fingerprint density at radius 2 is 1.80 bits per heavy atom. The monoisotopic (exact) mass is 309 g/mol. The van der Waals surface area contributed by atoms with Crippen LogP contribution in [0.2, 0.25) is 5.02 Å². The van der Waals surface area contributed by atoms with Crippen LogP contribution in [0.25, 0.3) is 0 Å². The highest BCUT2D eigenvalue weighted by Crippen LogP contribution is 2.25. The van der Waals surface area contributed by atoms with Crippen LogP contribution in [0, 0.1) is 0 Å². The van der Waals surface area contributed by atoms with Crippen molar-refractivity contribution in [1.29, 1.82) is 0 Å². The smallest absolute Gasteiger partial charge is 0.138 e. The lowest BCUT2D eigenvalue weighted by Crippen LogP contribution is -2.34. The third-order valence-corrected chi connectivity index (χ3v) is 4.09. The van der Waals surface area contributed by atoms with E-state index in [2.05, 4.69) is 38.2 Å². The topological polar surface area (TPSA) is 21.3 Å². The van der Waals surface area contributed by atoms with Crippen molar-refractivity contribution in [2.45, 2.75) is 39.5 Å². The highest BCUT2D eigenvalue weighted by molar-refractivity contribution is 7.11. The van der Waals surface area contributed by atoms with Gasteiger partial charge in [-0.3, -0.25) is 0 Å². The Labute approximate surface area is 129 Å². The summed E-state index contributed by atoms with van der Waals surface area (Å²) in [5.41, 5.74) is 0.137. The van der Waals surface area contributed by atoms with E-state index >= 15 is 0 Å². The van der Waals surface area contributed by atoms with Crippen molar-refractivity contribution in [2.75, 3.05) is 0 Å². The van der Waals surface area contributed by atoms with Crippen LogP contribution in [-0.4, -0.2) is 5.54 Å². The average molecular weight is 310 g/mol. The van der Waals surface area contributed by atoms with E-state index in [1.54, 1.807) is 11.3 Å². The van der Waals surface area contributed by atoms with Crippen LogP contribution in [0.5, 0.6) is 5.75 Å². The summed E-state index contributed by atoms with van der Waals surface area (Å²) in [6.45, 7) is 7.95. The zero-order valence-electron chi connectivity index (χ0n) is 12.1. The number of rotatable bonds is 5. The fourth-order valence-corrected chi connectivity index (χ4v) is 2.72. The molecule has 2 nitrogen and oxygen atoms in total. The molecule has 1 heterocycles. The van der Waals surface area contributed by atoms with Gasteiger partial charge in [0.15, 0.2) is 0 Å². The second kappa shape index (κ2) is 6.61. The molecule has 0 aliphatic heterocycles. The van der Waals surface area contributed by atoms with Gasteiger partial charge in [-0.05, 0) is 45.0 Å². The number of benzene rings is 1. The summed E-state index contributed by atoms with van der Waals surface area (Å²) < 4.78 is 5.74. The molecule has 20 heavy (non-hydrogen) atoms. The molecule has 0 saturated carbocycles. The molecule has 4 heteroatoms. The van der Waals surface area contributed by atoms with Crippen LogP contribution >= 0.6 is 22.9 Å². The normalized spacial score (nSPS) is 11.6. The maximum Gasteiger partial charge on any atom is 0.138 e. The molecule has 0 bridgehead atoms. The Morgan fingerprint density at radius 1 is 1.10 bits per heavy atom. The molecule has 0 fully saturated rings. The Kier molecular flexibility index (Phi) is 5.08. The number of hydrogen-bond acceptors (Lipinski definition) is 3. The molecule has 2 aromatic rings. The molecule has 0 unspecified atom stereocenters. The van der Waals surface area contributed by atoms with E-state index in [1.807, 2.05) is 24.3 Å². The Hall–Kier alpha value is -1.03. The minimum absolute atomic E-state index is 0.137. The van der Waals surface area contributed by atoms with Gasteiger partial charge in [0.05, 0.1) is 5.02 Å². The van der Waals surface area contributed by atoms with E-state index in [-0.39, 0.29) is 5.54 Å². The third-order valence-electron chi connectivity index (χ3n) is 2.72. The van der Waals surface area contributed by atoms with Crippen molar-refractivity contribution in [3.05, 3.63) is 51.2 Å². The molecule has 1 aromatic carbocycles. The fraction of sp³-hybridized carbons (Fsp3) is 0.375. The molecule has 0 aliphatic rings. The Balaban J connectivity index is 1.89. The van der Waals surface area contributed by atoms with Gasteiger partial charge in [-0.2, -0.15) is 0 Å². The lowest BCUT2D eigenvalue weighted by molar-refractivity contribution is 0.310. The number of ether oxygens (including phenoxy) is 1. The Morgan fingerprint density at radius 3 is 2.50 bits per heavy atom. The predicted octanol–water partition coefficient (Wildman–Crippen LogP) is 4.87. The zero-order chi connectivity index (χ0) is 14.6. The molecular weight excluding hydrogens is 290 g/mol. The number of thiophene rings is 1. The number of para-hydroxylation sites is 1. The van der Waals surface area contributed by atoms with Crippen molar-refractivity contribution >= 4 is 22.9 Å². The first-order valence-electron chi connectivity index (χ1n) is 6.64. The van der Waals surface area contributed by atoms with Gasteiger partial charge < -0.3 is 10.1 Å². The van der Waals surface area contributed by atoms with Crippen molar-refractivity contribution in [2.24, 2.45) is 0 Å². The van der Waals surface area contributed by atoms with Gasteiger partial charge in [0.2, 0.25) is 0 Å². The SMILES string of the molecule is CC(C)(C)NCc1ccc(COc2ccccc2Cl)s1. The highest BCUT2D eigenvalue weighted by Gasteiger charge is 2.09. The van der Waals surface area contributed by atoms with E-state index in [0.29, 0.717) is 11.6 Å². The molecule has 2 rings (SSSR count). The molecule has 0 atom stereocenters. The molecule has 108 valence electrons. The average Bonchev–Trinajstić information content (AvgIpc) is 2.83. The highest BCUT2D eigenvalue weighted by atomic mass is 35.5. The van der Waals surface area contributed by atoms with E-state index in [1.165, 1.54) is 9.75 Å². The van der Waals surface area contributed by atoms with Crippen LogP contribution in [0.15, 0.2) is 36.4 Å². The van der Waals surface area contributed by atoms with Crippen molar-refractivity contribution in [3.63, 3.8) is 0 Å². The van der Waals surface area contributed by atoms with Gasteiger partial charge in [0.1, 0.15) is 12.4 Å². The van der Waals surface area contributed by atoms with Gasteiger partial charge in [0.25, 0.3) is 0 Å². The van der Waals surface area contributed by atoms with Gasteiger partial charge in [-0.25, -0.2) is 0 Å². The summed E-state index contributed by atoms with van der Waals surface area (Å²) >= 11 is 7.83. The van der Waals surface area contributed by atoms with E-state index in [9.17, 15) is 0 Å². The van der Waals surface area contributed by atoms with Gasteiger partial charge in [-0.1, -0.05) is 23.7 Å². The first-order valence-corrected chi connectivity index (χ1v) is 7.83. The quantitative estimate of drug-likeness (QED) is 0.851. The largest absolute Gasteiger partial charge is 0.487 e. The maximum atomic E-state index is 6.06. The summed E-state index contributed by atoms with van der Waals surface area (Å²) in [4.78, 5) is 2.52. The van der Waals surface area contributed by atoms with Crippen LogP contribution < -0.4 is 10.1 Å². The molecule has 1 aromatic heterocycles. The number of nitrogens with one attached hydrogen (secondary N) is 1. The van der Waals surface area contributed by atoms with E-state index < -0.39 is 0 Å². The molecule has 0 radical (unpaired) electrons. The summed E-state index contributed by atoms with van der Waals surface area (Å²) in [6.07, 6.45) is 0. The van der Waals surface area contributed by atoms with Crippen LogP contribution in [0.4, 0.5) is 0 Å². The lowest BCUT2D eigenvalue weighted by Gasteiger charge is -2.19. The fourth-order valence-electron chi connectivity index (χ4n) is 1.66. The first-order chi connectivity index (χ1) is 9.44. The van der Waals surface area contributed by atoms with E-state index in [4.69, 9.17) is 16.3 Å². The molecule has 0 amide bonds. The molecule has 0 saturated heterocycles. The van der Waals surface area contributed by atoms with Gasteiger partial charge >= 0.3 is 0 Å². The molecule has 0 aliphatic carbocycles. The lowest BCUT2D eigenvalue weighted by atomic mass is 10.1. The second-order valence-electron chi connectivity index (χ2n) is 5.69. The minimum atomic E-state index is 0.137. The molecular formula is C16H20ClNOS. The van der Waals surface area contributed by atoms with Crippen LogP contribution in [-0.2, 0) is 13.2 Å². The number of hydrogen-bond donors (Lipinski definition) is 1. The first kappa shape index (κ1) is 15.4. The van der Waals surface area contributed by atoms with Crippen molar-refractivity contribution in [1.82, 2.24) is 5.32 Å². The summed E-state index contributed by atoms with van der Waals surface area (Å²) in [5.74, 6) is 0.733. The van der Waals surface area contributed by atoms with Crippen LogP contribution in [0.1, 0.15) is 30.5 Å². The van der Waals surface area contributed by atoms with Gasteiger partial charge in [-0.15, -0.1) is 11.3 Å². The summed E-state index contributed by atoms with van der Waals surface area (Å²) in [5, 5.41) is 4.13. The predicted molar refractivity (Wildman–Crippen MR) is 86.7 cm³/mol. The molecule has 1 N–H and O–H groups in total. The Bertz CT molecular complexity index is 560. The van der Waals surface area contributed by atoms with Gasteiger partial charge in [0, 0.05) is 21.8 Å². The number of halogens is 1. The minimum Gasteiger partial charge on any atom is -0.487 e. The third kappa shape index (κ3) is 4.82. The summed E-state index contributed by atoms with van der Waals surface area (Å²) in [6, 6.07) is 11.8. The zero-order valence-corrected chi connectivity index (χ0v) is 13.6. The molecule has 0 spiro atoms. The maximum absolute atomic E-state index is 6.06. The van der Waals surface area contributed by atoms with Crippen molar-refractivity contribution < 1.29 is 4.74 Å².